The first-order valence-corrected chi connectivity index (χ1v) is 9.27. The van der Waals surface area contributed by atoms with Gasteiger partial charge in [0, 0.05) is 18.3 Å². The van der Waals surface area contributed by atoms with Crippen LogP contribution in [0.4, 0.5) is 0 Å². The number of aromatic nitrogens is 1. The summed E-state index contributed by atoms with van der Waals surface area (Å²) in [4.78, 5) is 13.3. The highest BCUT2D eigenvalue weighted by Gasteiger charge is 2.34. The minimum absolute atomic E-state index is 0.0125. The Balaban J connectivity index is 2.31. The standard InChI is InChI=1S/C20H19Cl2N3O2/c1-10(2)9-25-11(3)6-16-18(20(25)26)17(13(8-23)19(24)27-16)12-4-5-14(21)15(22)7-12/h4-7,10,17H,9,24H2,1-3H3. The monoisotopic (exact) mass is 403 g/mol. The van der Waals surface area contributed by atoms with Gasteiger partial charge in [0.15, 0.2) is 0 Å². The van der Waals surface area contributed by atoms with Crippen molar-refractivity contribution in [2.45, 2.75) is 33.2 Å². The summed E-state index contributed by atoms with van der Waals surface area (Å²) in [5.74, 6) is -0.0324. The van der Waals surface area contributed by atoms with Gasteiger partial charge in [0.2, 0.25) is 5.88 Å². The van der Waals surface area contributed by atoms with Crippen molar-refractivity contribution in [1.29, 1.82) is 5.26 Å². The first kappa shape index (κ1) is 19.3. The zero-order valence-electron chi connectivity index (χ0n) is 15.2. The van der Waals surface area contributed by atoms with Crippen LogP contribution in [0.3, 0.4) is 0 Å². The van der Waals surface area contributed by atoms with Crippen molar-refractivity contribution in [1.82, 2.24) is 4.57 Å². The maximum Gasteiger partial charge on any atom is 0.258 e. The van der Waals surface area contributed by atoms with E-state index in [1.807, 2.05) is 20.8 Å². The van der Waals surface area contributed by atoms with Crippen molar-refractivity contribution in [3.8, 4) is 11.8 Å². The Bertz CT molecular complexity index is 1050. The molecule has 1 aromatic heterocycles. The SMILES string of the molecule is Cc1cc2c(c(=O)n1CC(C)C)C(c1ccc(Cl)c(Cl)c1)C(C#N)=C(N)O2. The number of nitrogens with zero attached hydrogens (tertiary/aromatic N) is 2. The summed E-state index contributed by atoms with van der Waals surface area (Å²) in [7, 11) is 0. The molecule has 0 spiro atoms. The number of halogens is 2. The Labute approximate surface area is 167 Å². The number of hydrogen-bond donors (Lipinski definition) is 1. The Morgan fingerprint density at radius 3 is 2.59 bits per heavy atom. The first-order valence-electron chi connectivity index (χ1n) is 8.51. The molecule has 5 nitrogen and oxygen atoms in total. The van der Waals surface area contributed by atoms with Gasteiger partial charge in [-0.2, -0.15) is 5.26 Å². The number of hydrogen-bond acceptors (Lipinski definition) is 4. The third-order valence-electron chi connectivity index (χ3n) is 4.51. The summed E-state index contributed by atoms with van der Waals surface area (Å²) in [5.41, 5.74) is 7.78. The molecular formula is C20H19Cl2N3O2. The number of allylic oxidation sites excluding steroid dienone is 1. The van der Waals surface area contributed by atoms with Gasteiger partial charge in [-0.1, -0.05) is 43.1 Å². The molecule has 1 unspecified atom stereocenters. The average molecular weight is 404 g/mol. The molecule has 0 saturated heterocycles. The van der Waals surface area contributed by atoms with Crippen LogP contribution < -0.4 is 16.0 Å². The molecule has 0 amide bonds. The molecule has 0 aliphatic carbocycles. The number of ether oxygens (including phenoxy) is 1. The van der Waals surface area contributed by atoms with Crippen molar-refractivity contribution in [2.24, 2.45) is 11.7 Å². The molecule has 1 atom stereocenters. The second-order valence-corrected chi connectivity index (χ2v) is 7.79. The normalized spacial score (nSPS) is 16.1. The van der Waals surface area contributed by atoms with Crippen LogP contribution in [-0.4, -0.2) is 4.57 Å². The van der Waals surface area contributed by atoms with Gasteiger partial charge < -0.3 is 15.0 Å². The molecule has 1 aromatic carbocycles. The van der Waals surface area contributed by atoms with Gasteiger partial charge in [0.05, 0.1) is 21.5 Å². The Morgan fingerprint density at radius 2 is 2.00 bits per heavy atom. The smallest absolute Gasteiger partial charge is 0.258 e. The molecule has 3 rings (SSSR count). The summed E-state index contributed by atoms with van der Waals surface area (Å²) in [6.45, 7) is 6.49. The number of benzene rings is 1. The fourth-order valence-electron chi connectivity index (χ4n) is 3.30. The molecule has 2 N–H and O–H groups in total. The molecule has 140 valence electrons. The quantitative estimate of drug-likeness (QED) is 0.825. The van der Waals surface area contributed by atoms with Crippen molar-refractivity contribution >= 4 is 23.2 Å². The summed E-state index contributed by atoms with van der Waals surface area (Å²) in [5, 5.41) is 10.4. The Kier molecular flexibility index (Phi) is 5.23. The van der Waals surface area contributed by atoms with Gasteiger partial charge in [-0.05, 0) is 30.5 Å². The highest BCUT2D eigenvalue weighted by molar-refractivity contribution is 6.42. The molecule has 2 heterocycles. The highest BCUT2D eigenvalue weighted by atomic mass is 35.5. The van der Waals surface area contributed by atoms with Crippen molar-refractivity contribution in [2.75, 3.05) is 0 Å². The summed E-state index contributed by atoms with van der Waals surface area (Å²) in [6, 6.07) is 8.90. The molecule has 7 heteroatoms. The van der Waals surface area contributed by atoms with E-state index in [9.17, 15) is 10.1 Å². The number of rotatable bonds is 3. The van der Waals surface area contributed by atoms with E-state index in [2.05, 4.69) is 6.07 Å². The van der Waals surface area contributed by atoms with E-state index in [1.54, 1.807) is 28.8 Å². The largest absolute Gasteiger partial charge is 0.440 e. The van der Waals surface area contributed by atoms with Crippen LogP contribution in [-0.2, 0) is 6.54 Å². The molecule has 0 saturated carbocycles. The summed E-state index contributed by atoms with van der Waals surface area (Å²) >= 11 is 12.2. The lowest BCUT2D eigenvalue weighted by molar-refractivity contribution is 0.386. The second kappa shape index (κ2) is 7.30. The molecule has 1 aliphatic heterocycles. The lowest BCUT2D eigenvalue weighted by Crippen LogP contribution is -2.33. The van der Waals surface area contributed by atoms with Gasteiger partial charge in [0.25, 0.3) is 5.56 Å². The fraction of sp³-hybridized carbons (Fsp3) is 0.300. The molecular weight excluding hydrogens is 385 g/mol. The molecule has 0 bridgehead atoms. The zero-order valence-corrected chi connectivity index (χ0v) is 16.7. The van der Waals surface area contributed by atoms with Crippen molar-refractivity contribution < 1.29 is 4.74 Å². The topological polar surface area (TPSA) is 81.0 Å². The minimum atomic E-state index is -0.667. The fourth-order valence-corrected chi connectivity index (χ4v) is 3.61. The average Bonchev–Trinajstić information content (AvgIpc) is 2.59. The number of nitrogens with two attached hydrogens (primary N) is 1. The lowest BCUT2D eigenvalue weighted by atomic mass is 9.84. The number of fused-ring (bicyclic) bond motifs is 1. The van der Waals surface area contributed by atoms with E-state index in [0.29, 0.717) is 33.5 Å². The number of aryl methyl sites for hydroxylation is 1. The maximum absolute atomic E-state index is 13.3. The Morgan fingerprint density at radius 1 is 1.30 bits per heavy atom. The molecule has 27 heavy (non-hydrogen) atoms. The highest BCUT2D eigenvalue weighted by Crippen LogP contribution is 2.41. The number of pyridine rings is 1. The van der Waals surface area contributed by atoms with Crippen LogP contribution >= 0.6 is 23.2 Å². The van der Waals surface area contributed by atoms with Gasteiger partial charge in [0.1, 0.15) is 17.4 Å². The summed E-state index contributed by atoms with van der Waals surface area (Å²) < 4.78 is 7.33. The predicted molar refractivity (Wildman–Crippen MR) is 106 cm³/mol. The predicted octanol–water partition coefficient (Wildman–Crippen LogP) is 4.34. The summed E-state index contributed by atoms with van der Waals surface area (Å²) in [6.07, 6.45) is 0. The van der Waals surface area contributed by atoms with Gasteiger partial charge in [-0.3, -0.25) is 4.79 Å². The van der Waals surface area contributed by atoms with E-state index in [-0.39, 0.29) is 22.9 Å². The number of nitriles is 1. The minimum Gasteiger partial charge on any atom is -0.440 e. The van der Waals surface area contributed by atoms with Gasteiger partial charge in [-0.15, -0.1) is 0 Å². The van der Waals surface area contributed by atoms with E-state index in [1.165, 1.54) is 0 Å². The molecule has 1 aliphatic rings. The zero-order chi connectivity index (χ0) is 19.9. The maximum atomic E-state index is 13.3. The van der Waals surface area contributed by atoms with Crippen LogP contribution in [0.5, 0.6) is 5.75 Å². The van der Waals surface area contributed by atoms with E-state index in [0.717, 1.165) is 5.69 Å². The third kappa shape index (κ3) is 3.43. The van der Waals surface area contributed by atoms with Crippen LogP contribution in [0, 0.1) is 24.2 Å². The van der Waals surface area contributed by atoms with Crippen LogP contribution in [0.25, 0.3) is 0 Å². The van der Waals surface area contributed by atoms with E-state index in [4.69, 9.17) is 33.7 Å². The first-order chi connectivity index (χ1) is 12.7. The van der Waals surface area contributed by atoms with Crippen LogP contribution in [0.15, 0.2) is 40.5 Å². The van der Waals surface area contributed by atoms with Crippen LogP contribution in [0.2, 0.25) is 10.0 Å². The Hall–Kier alpha value is -2.42. The van der Waals surface area contributed by atoms with Gasteiger partial charge in [-0.25, -0.2) is 0 Å². The lowest BCUT2D eigenvalue weighted by Gasteiger charge is -2.27. The van der Waals surface area contributed by atoms with Crippen molar-refractivity contribution in [3.63, 3.8) is 0 Å². The van der Waals surface area contributed by atoms with E-state index < -0.39 is 5.92 Å². The molecule has 0 radical (unpaired) electrons. The van der Waals surface area contributed by atoms with Crippen LogP contribution in [0.1, 0.15) is 36.6 Å². The van der Waals surface area contributed by atoms with E-state index >= 15 is 0 Å². The third-order valence-corrected chi connectivity index (χ3v) is 5.25. The molecule has 0 fully saturated rings. The van der Waals surface area contributed by atoms with Gasteiger partial charge >= 0.3 is 0 Å². The molecule has 2 aromatic rings. The second-order valence-electron chi connectivity index (χ2n) is 6.97. The van der Waals surface area contributed by atoms with Crippen molar-refractivity contribution in [3.05, 3.63) is 72.9 Å².